The third kappa shape index (κ3) is 2.94. The first-order valence-electron chi connectivity index (χ1n) is 13.1. The molecule has 5 fully saturated rings. The van der Waals surface area contributed by atoms with E-state index in [9.17, 15) is 5.11 Å². The van der Waals surface area contributed by atoms with Gasteiger partial charge in [-0.05, 0) is 85.9 Å². The molecule has 1 N–H and O–H groups in total. The van der Waals surface area contributed by atoms with Gasteiger partial charge in [0.2, 0.25) is 0 Å². The molecule has 10 atom stereocenters. The number of fused-ring (bicyclic) bond motifs is 4. The molecule has 5 aliphatic rings. The largest absolute Gasteiger partial charge is 0.393 e. The lowest BCUT2D eigenvalue weighted by Crippen LogP contribution is -2.58. The summed E-state index contributed by atoms with van der Waals surface area (Å²) in [6, 6.07) is 0. The second kappa shape index (κ2) is 6.96. The Morgan fingerprint density at radius 1 is 0.966 bits per heavy atom. The van der Waals surface area contributed by atoms with Crippen molar-refractivity contribution in [2.45, 2.75) is 123 Å². The zero-order valence-corrected chi connectivity index (χ0v) is 19.8. The lowest BCUT2D eigenvalue weighted by Gasteiger charge is -2.59. The standard InChI is InChI=1S/C27H46O2/c1-17(2)7-6-8-18(3)21-9-10-22-20-15-24-27(29-24)16-19(28)11-14-26(27,5)23(20)12-13-25(21,22)4/h17-24,28H,6-16H2,1-5H3/t18-,19-,20+,21-,22+,23+,24-,25-,26-,27-/m1/s1. The molecule has 1 spiro atoms. The maximum absolute atomic E-state index is 10.4. The van der Waals surface area contributed by atoms with Crippen LogP contribution in [0.25, 0.3) is 0 Å². The molecule has 1 heterocycles. The van der Waals surface area contributed by atoms with Gasteiger partial charge in [-0.15, -0.1) is 0 Å². The number of epoxide rings is 1. The number of hydrogen-bond donors (Lipinski definition) is 1. The molecule has 166 valence electrons. The Morgan fingerprint density at radius 3 is 2.52 bits per heavy atom. The zero-order valence-electron chi connectivity index (χ0n) is 19.8. The summed E-state index contributed by atoms with van der Waals surface area (Å²) in [6.45, 7) is 12.6. The molecule has 0 amide bonds. The Kier molecular flexibility index (Phi) is 4.99. The topological polar surface area (TPSA) is 32.8 Å². The van der Waals surface area contributed by atoms with Crippen LogP contribution in [0.2, 0.25) is 0 Å². The maximum Gasteiger partial charge on any atom is 0.103 e. The van der Waals surface area contributed by atoms with Crippen LogP contribution in [0.3, 0.4) is 0 Å². The first-order valence-corrected chi connectivity index (χ1v) is 13.1. The first kappa shape index (κ1) is 20.8. The first-order chi connectivity index (χ1) is 13.7. The predicted octanol–water partition coefficient (Wildman–Crippen LogP) is 6.60. The summed E-state index contributed by atoms with van der Waals surface area (Å²) in [7, 11) is 0. The SMILES string of the molecule is CC(C)CCC[C@@H](C)[C@H]1CC[C@H]2[C@@H]3C[C@H]4O[C@]45C[C@H](O)CC[C@]5(C)[C@H]3CC[C@]12C. The smallest absolute Gasteiger partial charge is 0.103 e. The molecule has 4 saturated carbocycles. The Hall–Kier alpha value is -0.0800. The van der Waals surface area contributed by atoms with Crippen LogP contribution in [0.1, 0.15) is 105 Å². The van der Waals surface area contributed by atoms with Gasteiger partial charge < -0.3 is 9.84 Å². The second-order valence-electron chi connectivity index (χ2n) is 13.0. The van der Waals surface area contributed by atoms with Crippen molar-refractivity contribution in [3.05, 3.63) is 0 Å². The fraction of sp³-hybridized carbons (Fsp3) is 1.00. The average molecular weight is 403 g/mol. The number of ether oxygens (including phenoxy) is 1. The van der Waals surface area contributed by atoms with Gasteiger partial charge in [-0.2, -0.15) is 0 Å². The van der Waals surface area contributed by atoms with E-state index in [4.69, 9.17) is 4.74 Å². The molecule has 4 aliphatic carbocycles. The third-order valence-corrected chi connectivity index (χ3v) is 11.3. The molecule has 2 nitrogen and oxygen atoms in total. The van der Waals surface area contributed by atoms with Gasteiger partial charge in [0.05, 0.1) is 12.2 Å². The molecule has 1 aliphatic heterocycles. The molecule has 0 unspecified atom stereocenters. The van der Waals surface area contributed by atoms with Crippen molar-refractivity contribution >= 4 is 0 Å². The van der Waals surface area contributed by atoms with Gasteiger partial charge >= 0.3 is 0 Å². The molecule has 0 bridgehead atoms. The third-order valence-electron chi connectivity index (χ3n) is 11.3. The summed E-state index contributed by atoms with van der Waals surface area (Å²) in [5, 5.41) is 10.4. The van der Waals surface area contributed by atoms with Crippen LogP contribution in [0.5, 0.6) is 0 Å². The molecule has 1 saturated heterocycles. The highest BCUT2D eigenvalue weighted by molar-refractivity contribution is 5.24. The minimum atomic E-state index is -0.124. The number of hydrogen-bond acceptors (Lipinski definition) is 2. The lowest BCUT2D eigenvalue weighted by molar-refractivity contribution is -0.116. The van der Waals surface area contributed by atoms with Crippen LogP contribution >= 0.6 is 0 Å². The summed E-state index contributed by atoms with van der Waals surface area (Å²) >= 11 is 0. The highest BCUT2D eigenvalue weighted by atomic mass is 16.6. The minimum absolute atomic E-state index is 0.0434. The van der Waals surface area contributed by atoms with Crippen molar-refractivity contribution < 1.29 is 9.84 Å². The molecule has 0 aromatic carbocycles. The highest BCUT2D eigenvalue weighted by Crippen LogP contribution is 2.74. The monoisotopic (exact) mass is 402 g/mol. The van der Waals surface area contributed by atoms with Crippen molar-refractivity contribution in [3.8, 4) is 0 Å². The fourth-order valence-corrected chi connectivity index (χ4v) is 9.68. The van der Waals surface area contributed by atoms with Gasteiger partial charge in [-0.1, -0.05) is 53.9 Å². The Bertz CT molecular complexity index is 630. The van der Waals surface area contributed by atoms with Crippen molar-refractivity contribution in [3.63, 3.8) is 0 Å². The summed E-state index contributed by atoms with van der Waals surface area (Å²) in [5.74, 6) is 5.31. The van der Waals surface area contributed by atoms with E-state index in [1.807, 2.05) is 0 Å². The summed E-state index contributed by atoms with van der Waals surface area (Å²) in [5.41, 5.74) is 0.932. The molecule has 0 radical (unpaired) electrons. The van der Waals surface area contributed by atoms with Crippen molar-refractivity contribution in [1.82, 2.24) is 0 Å². The van der Waals surface area contributed by atoms with E-state index in [-0.39, 0.29) is 11.7 Å². The number of rotatable bonds is 5. The molecule has 29 heavy (non-hydrogen) atoms. The van der Waals surface area contributed by atoms with Gasteiger partial charge in [0.1, 0.15) is 5.60 Å². The molecule has 5 rings (SSSR count). The summed E-state index contributed by atoms with van der Waals surface area (Å²) in [6.07, 6.45) is 14.8. The Morgan fingerprint density at radius 2 is 1.76 bits per heavy atom. The van der Waals surface area contributed by atoms with Crippen LogP contribution in [-0.4, -0.2) is 22.9 Å². The van der Waals surface area contributed by atoms with E-state index in [1.54, 1.807) is 0 Å². The number of aliphatic hydroxyl groups is 1. The lowest BCUT2D eigenvalue weighted by atomic mass is 9.44. The van der Waals surface area contributed by atoms with Crippen molar-refractivity contribution in [2.75, 3.05) is 0 Å². The fourth-order valence-electron chi connectivity index (χ4n) is 9.68. The molecular formula is C27H46O2. The van der Waals surface area contributed by atoms with Crippen LogP contribution < -0.4 is 0 Å². The van der Waals surface area contributed by atoms with E-state index < -0.39 is 0 Å². The second-order valence-corrected chi connectivity index (χ2v) is 13.0. The van der Waals surface area contributed by atoms with Gasteiger partial charge in [0.15, 0.2) is 0 Å². The van der Waals surface area contributed by atoms with E-state index in [0.717, 1.165) is 48.3 Å². The Labute approximate surface area is 179 Å². The predicted molar refractivity (Wildman–Crippen MR) is 119 cm³/mol. The molecule has 0 aromatic heterocycles. The van der Waals surface area contributed by atoms with Crippen LogP contribution in [0, 0.1) is 46.3 Å². The highest BCUT2D eigenvalue weighted by Gasteiger charge is 2.76. The van der Waals surface area contributed by atoms with E-state index in [1.165, 1.54) is 57.8 Å². The van der Waals surface area contributed by atoms with E-state index in [0.29, 0.717) is 16.9 Å². The van der Waals surface area contributed by atoms with Crippen LogP contribution in [0.15, 0.2) is 0 Å². The van der Waals surface area contributed by atoms with E-state index in [2.05, 4.69) is 34.6 Å². The molecule has 0 aromatic rings. The maximum atomic E-state index is 10.4. The van der Waals surface area contributed by atoms with Crippen LogP contribution in [0.4, 0.5) is 0 Å². The Balaban J connectivity index is 1.33. The number of aliphatic hydroxyl groups excluding tert-OH is 1. The quantitative estimate of drug-likeness (QED) is 0.525. The normalized spacial score (nSPS) is 54.3. The van der Waals surface area contributed by atoms with Gasteiger partial charge in [0, 0.05) is 11.8 Å². The molecule has 2 heteroatoms. The van der Waals surface area contributed by atoms with Crippen molar-refractivity contribution in [2.24, 2.45) is 46.3 Å². The van der Waals surface area contributed by atoms with Crippen molar-refractivity contribution in [1.29, 1.82) is 0 Å². The van der Waals surface area contributed by atoms with Gasteiger partial charge in [-0.3, -0.25) is 0 Å². The average Bonchev–Trinajstić information content (AvgIpc) is 3.22. The van der Waals surface area contributed by atoms with Gasteiger partial charge in [0.25, 0.3) is 0 Å². The molecular weight excluding hydrogens is 356 g/mol. The summed E-state index contributed by atoms with van der Waals surface area (Å²) in [4.78, 5) is 0. The summed E-state index contributed by atoms with van der Waals surface area (Å²) < 4.78 is 6.51. The minimum Gasteiger partial charge on any atom is -0.393 e. The van der Waals surface area contributed by atoms with Gasteiger partial charge in [-0.25, -0.2) is 0 Å². The zero-order chi connectivity index (χ0) is 20.6. The van der Waals surface area contributed by atoms with Crippen LogP contribution in [-0.2, 0) is 4.74 Å². The van der Waals surface area contributed by atoms with E-state index >= 15 is 0 Å².